The SMILES string of the molecule is CCC(C)(O)CNC(=O)CCS(=O)(=O)N1CCOCC1. The van der Waals surface area contributed by atoms with Crippen molar-refractivity contribution in [2.24, 2.45) is 0 Å². The zero-order chi connectivity index (χ0) is 15.2. The van der Waals surface area contributed by atoms with Crippen molar-refractivity contribution in [1.29, 1.82) is 0 Å². The van der Waals surface area contributed by atoms with E-state index < -0.39 is 15.6 Å². The van der Waals surface area contributed by atoms with E-state index in [1.165, 1.54) is 4.31 Å². The average molecular weight is 308 g/mol. The molecule has 1 fully saturated rings. The van der Waals surface area contributed by atoms with Crippen molar-refractivity contribution in [1.82, 2.24) is 9.62 Å². The number of nitrogens with one attached hydrogen (secondary N) is 1. The highest BCUT2D eigenvalue weighted by Gasteiger charge is 2.25. The first kappa shape index (κ1) is 17.4. The third-order valence-corrected chi connectivity index (χ3v) is 5.25. The fraction of sp³-hybridized carbons (Fsp3) is 0.917. The summed E-state index contributed by atoms with van der Waals surface area (Å²) < 4.78 is 30.4. The van der Waals surface area contributed by atoms with Gasteiger partial charge in [-0.15, -0.1) is 0 Å². The molecule has 0 aromatic carbocycles. The molecule has 1 heterocycles. The minimum atomic E-state index is -3.41. The van der Waals surface area contributed by atoms with Gasteiger partial charge in [0.15, 0.2) is 0 Å². The van der Waals surface area contributed by atoms with Crippen molar-refractivity contribution in [2.75, 3.05) is 38.6 Å². The zero-order valence-electron chi connectivity index (χ0n) is 12.1. The highest BCUT2D eigenvalue weighted by atomic mass is 32.2. The summed E-state index contributed by atoms with van der Waals surface area (Å²) in [5, 5.41) is 12.3. The van der Waals surface area contributed by atoms with Crippen LogP contribution in [0.25, 0.3) is 0 Å². The van der Waals surface area contributed by atoms with Crippen LogP contribution < -0.4 is 5.32 Å². The molecule has 0 aromatic heterocycles. The number of aliphatic hydroxyl groups is 1. The van der Waals surface area contributed by atoms with Crippen LogP contribution in [0.5, 0.6) is 0 Å². The fourth-order valence-corrected chi connectivity index (χ4v) is 3.08. The summed E-state index contributed by atoms with van der Waals surface area (Å²) >= 11 is 0. The first-order chi connectivity index (χ1) is 9.27. The summed E-state index contributed by atoms with van der Waals surface area (Å²) in [6.07, 6.45) is 0.416. The monoisotopic (exact) mass is 308 g/mol. The number of hydrogen-bond donors (Lipinski definition) is 2. The molecule has 0 aromatic rings. The van der Waals surface area contributed by atoms with E-state index in [1.807, 2.05) is 6.92 Å². The Morgan fingerprint density at radius 1 is 1.40 bits per heavy atom. The van der Waals surface area contributed by atoms with E-state index in [2.05, 4.69) is 5.32 Å². The van der Waals surface area contributed by atoms with Gasteiger partial charge in [0.05, 0.1) is 24.6 Å². The molecule has 1 rings (SSSR count). The standard InChI is InChI=1S/C12H24N2O5S/c1-3-12(2,16)10-13-11(15)4-9-20(17,18)14-5-7-19-8-6-14/h16H,3-10H2,1-2H3,(H,13,15). The highest BCUT2D eigenvalue weighted by molar-refractivity contribution is 7.89. The molecule has 0 bridgehead atoms. The van der Waals surface area contributed by atoms with Crippen molar-refractivity contribution < 1.29 is 23.1 Å². The van der Waals surface area contributed by atoms with Crippen LogP contribution in [0, 0.1) is 0 Å². The van der Waals surface area contributed by atoms with E-state index in [0.717, 1.165) is 0 Å². The highest BCUT2D eigenvalue weighted by Crippen LogP contribution is 2.08. The summed E-state index contributed by atoms with van der Waals surface area (Å²) in [5.41, 5.74) is -0.960. The summed E-state index contributed by atoms with van der Waals surface area (Å²) in [4.78, 5) is 11.6. The van der Waals surface area contributed by atoms with Gasteiger partial charge < -0.3 is 15.2 Å². The molecule has 1 aliphatic rings. The Morgan fingerprint density at radius 2 is 2.00 bits per heavy atom. The summed E-state index contributed by atoms with van der Waals surface area (Å²) in [6.45, 7) is 5.03. The van der Waals surface area contributed by atoms with Gasteiger partial charge >= 0.3 is 0 Å². The maximum atomic E-state index is 12.0. The van der Waals surface area contributed by atoms with E-state index in [9.17, 15) is 18.3 Å². The van der Waals surface area contributed by atoms with E-state index in [-0.39, 0.29) is 24.6 Å². The minimum absolute atomic E-state index is 0.0977. The number of rotatable bonds is 7. The van der Waals surface area contributed by atoms with Crippen molar-refractivity contribution in [3.8, 4) is 0 Å². The third-order valence-electron chi connectivity index (χ3n) is 3.38. The minimum Gasteiger partial charge on any atom is -0.388 e. The van der Waals surface area contributed by atoms with Gasteiger partial charge in [0, 0.05) is 26.1 Å². The topological polar surface area (TPSA) is 95.9 Å². The van der Waals surface area contributed by atoms with Gasteiger partial charge in [-0.25, -0.2) is 8.42 Å². The summed E-state index contributed by atoms with van der Waals surface area (Å²) in [7, 11) is -3.41. The molecule has 1 unspecified atom stereocenters. The molecule has 20 heavy (non-hydrogen) atoms. The predicted octanol–water partition coefficient (Wildman–Crippen LogP) is -0.684. The molecule has 1 amide bonds. The molecule has 1 aliphatic heterocycles. The molecule has 2 N–H and O–H groups in total. The van der Waals surface area contributed by atoms with Gasteiger partial charge in [0.2, 0.25) is 15.9 Å². The van der Waals surface area contributed by atoms with Crippen LogP contribution in [0.15, 0.2) is 0 Å². The number of hydrogen-bond acceptors (Lipinski definition) is 5. The number of ether oxygens (including phenoxy) is 1. The lowest BCUT2D eigenvalue weighted by Crippen LogP contribution is -2.43. The molecule has 7 nitrogen and oxygen atoms in total. The van der Waals surface area contributed by atoms with E-state index in [1.54, 1.807) is 6.92 Å². The lowest BCUT2D eigenvalue weighted by Gasteiger charge is -2.26. The van der Waals surface area contributed by atoms with E-state index in [0.29, 0.717) is 32.7 Å². The average Bonchev–Trinajstić information content (AvgIpc) is 2.44. The maximum absolute atomic E-state index is 12.0. The second-order valence-electron chi connectivity index (χ2n) is 5.20. The van der Waals surface area contributed by atoms with Gasteiger partial charge in [0.1, 0.15) is 0 Å². The predicted molar refractivity (Wildman–Crippen MR) is 74.7 cm³/mol. The Kier molecular flexibility index (Phi) is 6.38. The van der Waals surface area contributed by atoms with Crippen LogP contribution in [0.2, 0.25) is 0 Å². The molecule has 0 saturated carbocycles. The first-order valence-corrected chi connectivity index (χ1v) is 8.42. The van der Waals surface area contributed by atoms with Crippen LogP contribution in [-0.2, 0) is 19.6 Å². The molecule has 1 atom stereocenters. The fourth-order valence-electron chi connectivity index (χ4n) is 1.68. The Bertz CT molecular complexity index is 416. The van der Waals surface area contributed by atoms with Crippen molar-refractivity contribution in [3.63, 3.8) is 0 Å². The Hall–Kier alpha value is -0.700. The smallest absolute Gasteiger partial charge is 0.221 e. The van der Waals surface area contributed by atoms with E-state index in [4.69, 9.17) is 4.74 Å². The number of carbonyl (C=O) groups excluding carboxylic acids is 1. The number of carbonyl (C=O) groups is 1. The van der Waals surface area contributed by atoms with Crippen LogP contribution in [0.3, 0.4) is 0 Å². The van der Waals surface area contributed by atoms with Gasteiger partial charge in [-0.3, -0.25) is 4.79 Å². The maximum Gasteiger partial charge on any atom is 0.221 e. The largest absolute Gasteiger partial charge is 0.388 e. The molecule has 0 spiro atoms. The van der Waals surface area contributed by atoms with E-state index >= 15 is 0 Å². The Labute approximate surface area is 120 Å². The van der Waals surface area contributed by atoms with Gasteiger partial charge in [-0.1, -0.05) is 6.92 Å². The number of sulfonamides is 1. The van der Waals surface area contributed by atoms with Crippen LogP contribution in [-0.4, -0.2) is 67.9 Å². The van der Waals surface area contributed by atoms with Crippen LogP contribution in [0.1, 0.15) is 26.7 Å². The Balaban J connectivity index is 2.36. The lowest BCUT2D eigenvalue weighted by molar-refractivity contribution is -0.121. The molecule has 1 saturated heterocycles. The number of amides is 1. The number of morpholine rings is 1. The zero-order valence-corrected chi connectivity index (χ0v) is 12.9. The van der Waals surface area contributed by atoms with Gasteiger partial charge in [0.25, 0.3) is 0 Å². The van der Waals surface area contributed by atoms with Crippen LogP contribution in [0.4, 0.5) is 0 Å². The molecule has 118 valence electrons. The summed E-state index contributed by atoms with van der Waals surface area (Å²) in [6, 6.07) is 0. The van der Waals surface area contributed by atoms with Gasteiger partial charge in [-0.05, 0) is 13.3 Å². The summed E-state index contributed by atoms with van der Waals surface area (Å²) in [5.74, 6) is -0.580. The van der Waals surface area contributed by atoms with Crippen molar-refractivity contribution in [3.05, 3.63) is 0 Å². The second kappa shape index (κ2) is 7.35. The Morgan fingerprint density at radius 3 is 2.55 bits per heavy atom. The second-order valence-corrected chi connectivity index (χ2v) is 7.29. The first-order valence-electron chi connectivity index (χ1n) is 6.81. The lowest BCUT2D eigenvalue weighted by atomic mass is 10.0. The molecular weight excluding hydrogens is 284 g/mol. The normalized spacial score (nSPS) is 20.4. The number of nitrogens with zero attached hydrogens (tertiary/aromatic N) is 1. The van der Waals surface area contributed by atoms with Crippen molar-refractivity contribution in [2.45, 2.75) is 32.3 Å². The molecular formula is C12H24N2O5S. The molecule has 0 aliphatic carbocycles. The quantitative estimate of drug-likeness (QED) is 0.649. The van der Waals surface area contributed by atoms with Gasteiger partial charge in [-0.2, -0.15) is 4.31 Å². The molecule has 8 heteroatoms. The third kappa shape index (κ3) is 5.74. The molecule has 0 radical (unpaired) electrons. The van der Waals surface area contributed by atoms with Crippen molar-refractivity contribution >= 4 is 15.9 Å². The van der Waals surface area contributed by atoms with Crippen LogP contribution >= 0.6 is 0 Å².